The van der Waals surface area contributed by atoms with E-state index < -0.39 is 11.9 Å². The average molecular weight is 272 g/mol. The first kappa shape index (κ1) is 13.6. The fourth-order valence-corrected chi connectivity index (χ4v) is 1.66. The fourth-order valence-electron chi connectivity index (χ4n) is 1.66. The van der Waals surface area contributed by atoms with Crippen LogP contribution in [0.4, 0.5) is 0 Å². The number of hydrogen-bond acceptors (Lipinski definition) is 4. The summed E-state index contributed by atoms with van der Waals surface area (Å²) in [5.74, 6) is -2.21. The SMILES string of the molecule is O=C(O)c1cc(O)cc(C(=O)OCc2ccccc2)c1. The van der Waals surface area contributed by atoms with Crippen molar-refractivity contribution in [2.24, 2.45) is 0 Å². The normalized spacial score (nSPS) is 10.0. The summed E-state index contributed by atoms with van der Waals surface area (Å²) >= 11 is 0. The Morgan fingerprint density at radius 3 is 2.30 bits per heavy atom. The van der Waals surface area contributed by atoms with Gasteiger partial charge in [0, 0.05) is 0 Å². The molecule has 0 saturated heterocycles. The molecule has 0 fully saturated rings. The van der Waals surface area contributed by atoms with E-state index in [2.05, 4.69) is 0 Å². The van der Waals surface area contributed by atoms with Crippen LogP contribution >= 0.6 is 0 Å². The zero-order valence-corrected chi connectivity index (χ0v) is 10.4. The fraction of sp³-hybridized carbons (Fsp3) is 0.0667. The summed E-state index contributed by atoms with van der Waals surface area (Å²) in [5.41, 5.74) is 0.648. The van der Waals surface area contributed by atoms with E-state index in [1.54, 1.807) is 12.1 Å². The Morgan fingerprint density at radius 1 is 1.00 bits per heavy atom. The van der Waals surface area contributed by atoms with Crippen LogP contribution in [-0.4, -0.2) is 22.2 Å². The minimum Gasteiger partial charge on any atom is -0.508 e. The van der Waals surface area contributed by atoms with E-state index in [9.17, 15) is 14.7 Å². The van der Waals surface area contributed by atoms with Gasteiger partial charge >= 0.3 is 11.9 Å². The Labute approximate surface area is 115 Å². The van der Waals surface area contributed by atoms with Gasteiger partial charge in [0.2, 0.25) is 0 Å². The lowest BCUT2D eigenvalue weighted by atomic mass is 10.1. The van der Waals surface area contributed by atoms with Crippen LogP contribution in [0, 0.1) is 0 Å². The monoisotopic (exact) mass is 272 g/mol. The summed E-state index contributed by atoms with van der Waals surface area (Å²) in [6.45, 7) is 0.0811. The highest BCUT2D eigenvalue weighted by Gasteiger charge is 2.13. The van der Waals surface area contributed by atoms with Crippen molar-refractivity contribution in [3.63, 3.8) is 0 Å². The molecule has 0 bridgehead atoms. The molecule has 0 unspecified atom stereocenters. The molecular formula is C15H12O5. The predicted molar refractivity (Wildman–Crippen MR) is 70.6 cm³/mol. The second-order valence-electron chi connectivity index (χ2n) is 4.14. The van der Waals surface area contributed by atoms with Crippen LogP contribution in [0.1, 0.15) is 26.3 Å². The maximum absolute atomic E-state index is 11.8. The van der Waals surface area contributed by atoms with E-state index in [1.807, 2.05) is 18.2 Å². The van der Waals surface area contributed by atoms with Crippen molar-refractivity contribution in [2.75, 3.05) is 0 Å². The summed E-state index contributed by atoms with van der Waals surface area (Å²) < 4.78 is 5.06. The number of hydrogen-bond donors (Lipinski definition) is 2. The van der Waals surface area contributed by atoms with Gasteiger partial charge in [-0.2, -0.15) is 0 Å². The van der Waals surface area contributed by atoms with Crippen molar-refractivity contribution in [3.05, 3.63) is 65.2 Å². The van der Waals surface area contributed by atoms with Crippen molar-refractivity contribution in [2.45, 2.75) is 6.61 Å². The molecule has 2 rings (SSSR count). The van der Waals surface area contributed by atoms with Crippen LogP contribution in [0.2, 0.25) is 0 Å². The van der Waals surface area contributed by atoms with E-state index in [4.69, 9.17) is 9.84 Å². The second kappa shape index (κ2) is 5.88. The van der Waals surface area contributed by atoms with Gasteiger partial charge in [-0.3, -0.25) is 0 Å². The maximum Gasteiger partial charge on any atom is 0.338 e. The quantitative estimate of drug-likeness (QED) is 0.835. The van der Waals surface area contributed by atoms with Crippen molar-refractivity contribution in [3.8, 4) is 5.75 Å². The first-order valence-corrected chi connectivity index (χ1v) is 5.84. The number of phenols is 1. The van der Waals surface area contributed by atoms with Gasteiger partial charge in [-0.05, 0) is 23.8 Å². The number of esters is 1. The minimum atomic E-state index is -1.22. The average Bonchev–Trinajstić information content (AvgIpc) is 2.45. The topological polar surface area (TPSA) is 83.8 Å². The second-order valence-corrected chi connectivity index (χ2v) is 4.14. The number of phenolic OH excluding ortho intramolecular Hbond substituents is 1. The first-order valence-electron chi connectivity index (χ1n) is 5.84. The van der Waals surface area contributed by atoms with Crippen molar-refractivity contribution in [1.29, 1.82) is 0 Å². The standard InChI is InChI=1S/C15H12O5/c16-13-7-11(14(17)18)6-12(8-13)15(19)20-9-10-4-2-1-3-5-10/h1-8,16H,9H2,(H,17,18). The van der Waals surface area contributed by atoms with Crippen LogP contribution in [0.15, 0.2) is 48.5 Å². The molecular weight excluding hydrogens is 260 g/mol. The molecule has 102 valence electrons. The number of aromatic hydroxyl groups is 1. The first-order chi connectivity index (χ1) is 9.56. The molecule has 0 heterocycles. The number of aromatic carboxylic acids is 1. The molecule has 20 heavy (non-hydrogen) atoms. The molecule has 0 aliphatic carbocycles. The molecule has 5 heteroatoms. The lowest BCUT2D eigenvalue weighted by Crippen LogP contribution is -2.07. The van der Waals surface area contributed by atoms with Gasteiger partial charge in [0.25, 0.3) is 0 Å². The van der Waals surface area contributed by atoms with Gasteiger partial charge in [0.1, 0.15) is 12.4 Å². The van der Waals surface area contributed by atoms with E-state index in [-0.39, 0.29) is 23.5 Å². The summed E-state index contributed by atoms with van der Waals surface area (Å²) in [5, 5.41) is 18.3. The highest BCUT2D eigenvalue weighted by molar-refractivity contribution is 5.95. The van der Waals surface area contributed by atoms with Gasteiger partial charge in [0.15, 0.2) is 0 Å². The Bertz CT molecular complexity index is 634. The third-order valence-electron chi connectivity index (χ3n) is 2.61. The molecule has 0 saturated carbocycles. The van der Waals surface area contributed by atoms with Crippen LogP contribution < -0.4 is 0 Å². The number of ether oxygens (including phenoxy) is 1. The van der Waals surface area contributed by atoms with Crippen molar-refractivity contribution in [1.82, 2.24) is 0 Å². The molecule has 0 atom stereocenters. The van der Waals surface area contributed by atoms with Crippen LogP contribution in [0.3, 0.4) is 0 Å². The van der Waals surface area contributed by atoms with Gasteiger partial charge in [-0.15, -0.1) is 0 Å². The summed E-state index contributed by atoms with van der Waals surface area (Å²) in [4.78, 5) is 22.7. The van der Waals surface area contributed by atoms with E-state index in [0.29, 0.717) is 0 Å². The van der Waals surface area contributed by atoms with Gasteiger partial charge in [-0.25, -0.2) is 9.59 Å². The zero-order chi connectivity index (χ0) is 14.5. The van der Waals surface area contributed by atoms with E-state index >= 15 is 0 Å². The molecule has 2 aromatic carbocycles. The number of rotatable bonds is 4. The largest absolute Gasteiger partial charge is 0.508 e. The molecule has 0 spiro atoms. The number of carboxylic acid groups (broad SMARTS) is 1. The third kappa shape index (κ3) is 3.35. The molecule has 0 radical (unpaired) electrons. The molecule has 2 aromatic rings. The van der Waals surface area contributed by atoms with Gasteiger partial charge in [0.05, 0.1) is 11.1 Å². The lowest BCUT2D eigenvalue weighted by Gasteiger charge is -2.06. The smallest absolute Gasteiger partial charge is 0.338 e. The Balaban J connectivity index is 2.11. The van der Waals surface area contributed by atoms with Crippen molar-refractivity contribution >= 4 is 11.9 Å². The predicted octanol–water partition coefficient (Wildman–Crippen LogP) is 2.45. The van der Waals surface area contributed by atoms with E-state index in [0.717, 1.165) is 17.7 Å². The van der Waals surface area contributed by atoms with Crippen LogP contribution in [-0.2, 0) is 11.3 Å². The number of carbonyl (C=O) groups excluding carboxylic acids is 1. The number of benzene rings is 2. The van der Waals surface area contributed by atoms with E-state index in [1.165, 1.54) is 6.07 Å². The summed E-state index contributed by atoms with van der Waals surface area (Å²) in [7, 11) is 0. The van der Waals surface area contributed by atoms with Gasteiger partial charge < -0.3 is 14.9 Å². The number of carbonyl (C=O) groups is 2. The third-order valence-corrected chi connectivity index (χ3v) is 2.61. The highest BCUT2D eigenvalue weighted by Crippen LogP contribution is 2.17. The summed E-state index contributed by atoms with van der Waals surface area (Å²) in [6, 6.07) is 12.5. The molecule has 0 amide bonds. The Kier molecular flexibility index (Phi) is 4.00. The van der Waals surface area contributed by atoms with Crippen LogP contribution in [0.25, 0.3) is 0 Å². The van der Waals surface area contributed by atoms with Crippen LogP contribution in [0.5, 0.6) is 5.75 Å². The van der Waals surface area contributed by atoms with Gasteiger partial charge in [-0.1, -0.05) is 30.3 Å². The molecule has 0 aliphatic heterocycles. The highest BCUT2D eigenvalue weighted by atomic mass is 16.5. The maximum atomic E-state index is 11.8. The molecule has 5 nitrogen and oxygen atoms in total. The minimum absolute atomic E-state index is 0.00155. The Morgan fingerprint density at radius 2 is 1.65 bits per heavy atom. The molecule has 0 aromatic heterocycles. The lowest BCUT2D eigenvalue weighted by molar-refractivity contribution is 0.0472. The zero-order valence-electron chi connectivity index (χ0n) is 10.4. The van der Waals surface area contributed by atoms with Crippen molar-refractivity contribution < 1.29 is 24.5 Å². The Hall–Kier alpha value is -2.82. The molecule has 0 aliphatic rings. The summed E-state index contributed by atoms with van der Waals surface area (Å²) in [6.07, 6.45) is 0. The number of carboxylic acids is 1. The molecule has 2 N–H and O–H groups in total.